The smallest absolute Gasteiger partial charge is 0.311 e. The van der Waals surface area contributed by atoms with Crippen LogP contribution in [0.15, 0.2) is 12.1 Å². The number of aromatic nitrogens is 1. The van der Waals surface area contributed by atoms with E-state index in [1.807, 2.05) is 4.90 Å². The third kappa shape index (κ3) is 4.00. The van der Waals surface area contributed by atoms with Gasteiger partial charge in [-0.2, -0.15) is 0 Å². The van der Waals surface area contributed by atoms with E-state index in [9.17, 15) is 14.9 Å². The van der Waals surface area contributed by atoms with E-state index in [1.54, 1.807) is 17.0 Å². The number of hydrogen-bond donors (Lipinski definition) is 0. The molecule has 142 valence electrons. The molecule has 1 amide bonds. The van der Waals surface area contributed by atoms with Gasteiger partial charge in [0.05, 0.1) is 4.92 Å². The van der Waals surface area contributed by atoms with Gasteiger partial charge >= 0.3 is 5.69 Å². The van der Waals surface area contributed by atoms with Gasteiger partial charge in [-0.3, -0.25) is 14.9 Å². The van der Waals surface area contributed by atoms with Gasteiger partial charge in [-0.1, -0.05) is 6.92 Å². The Balaban J connectivity index is 1.78. The third-order valence-electron chi connectivity index (χ3n) is 5.19. The van der Waals surface area contributed by atoms with Gasteiger partial charge in [0, 0.05) is 45.3 Å². The summed E-state index contributed by atoms with van der Waals surface area (Å²) in [4.78, 5) is 33.2. The van der Waals surface area contributed by atoms with Gasteiger partial charge in [0.1, 0.15) is 11.7 Å². The molecule has 0 aliphatic carbocycles. The lowest BCUT2D eigenvalue weighted by atomic mass is 9.99. The van der Waals surface area contributed by atoms with Crippen molar-refractivity contribution in [3.63, 3.8) is 0 Å². The van der Waals surface area contributed by atoms with Crippen LogP contribution in [-0.4, -0.2) is 65.9 Å². The number of halogens is 1. The number of pyridine rings is 1. The number of hydrogen-bond acceptors (Lipinski definition) is 6. The summed E-state index contributed by atoms with van der Waals surface area (Å²) in [5.41, 5.74) is 0.0549. The molecule has 0 saturated carbocycles. The van der Waals surface area contributed by atoms with Gasteiger partial charge in [0.15, 0.2) is 0 Å². The van der Waals surface area contributed by atoms with Gasteiger partial charge in [0.25, 0.3) is 0 Å². The molecule has 3 heterocycles. The van der Waals surface area contributed by atoms with Crippen LogP contribution in [0.2, 0.25) is 0 Å². The largest absolute Gasteiger partial charge is 0.353 e. The van der Waals surface area contributed by atoms with Crippen LogP contribution in [-0.2, 0) is 4.79 Å². The zero-order valence-corrected chi connectivity index (χ0v) is 15.7. The number of piperidine rings is 1. The Morgan fingerprint density at radius 1 is 1.19 bits per heavy atom. The lowest BCUT2D eigenvalue weighted by Crippen LogP contribution is -2.49. The van der Waals surface area contributed by atoms with Crippen LogP contribution in [0.1, 0.15) is 19.8 Å². The first-order valence-corrected chi connectivity index (χ1v) is 9.52. The van der Waals surface area contributed by atoms with Crippen molar-refractivity contribution in [2.24, 2.45) is 5.92 Å². The molecule has 0 spiro atoms. The van der Waals surface area contributed by atoms with E-state index in [0.717, 1.165) is 31.7 Å². The number of carbonyl (C=O) groups is 1. The van der Waals surface area contributed by atoms with Gasteiger partial charge in [-0.25, -0.2) is 4.98 Å². The fourth-order valence-corrected chi connectivity index (χ4v) is 3.64. The van der Waals surface area contributed by atoms with Crippen LogP contribution in [0.5, 0.6) is 0 Å². The van der Waals surface area contributed by atoms with Crippen LogP contribution in [0.3, 0.4) is 0 Å². The molecule has 1 aromatic heterocycles. The van der Waals surface area contributed by atoms with Crippen molar-refractivity contribution in [2.75, 3.05) is 54.9 Å². The first-order valence-electron chi connectivity index (χ1n) is 8.98. The van der Waals surface area contributed by atoms with Crippen molar-refractivity contribution in [2.45, 2.75) is 19.8 Å². The molecule has 26 heavy (non-hydrogen) atoms. The monoisotopic (exact) mass is 381 g/mol. The second kappa shape index (κ2) is 8.07. The molecule has 9 heteroatoms. The predicted molar refractivity (Wildman–Crippen MR) is 101 cm³/mol. The first kappa shape index (κ1) is 18.7. The second-order valence-electron chi connectivity index (χ2n) is 6.94. The minimum atomic E-state index is -0.360. The molecule has 0 unspecified atom stereocenters. The van der Waals surface area contributed by atoms with E-state index in [0.29, 0.717) is 37.9 Å². The van der Waals surface area contributed by atoms with Crippen LogP contribution in [0.25, 0.3) is 0 Å². The highest BCUT2D eigenvalue weighted by Gasteiger charge is 2.27. The Labute approximate surface area is 157 Å². The summed E-state index contributed by atoms with van der Waals surface area (Å²) in [6.45, 7) is 6.24. The van der Waals surface area contributed by atoms with Gasteiger partial charge in [-0.05, 0) is 24.8 Å². The minimum Gasteiger partial charge on any atom is -0.353 e. The number of nitrogens with zero attached hydrogens (tertiary/aromatic N) is 5. The van der Waals surface area contributed by atoms with E-state index in [4.69, 9.17) is 11.6 Å². The Morgan fingerprint density at radius 3 is 2.42 bits per heavy atom. The lowest BCUT2D eigenvalue weighted by Gasteiger charge is -2.36. The van der Waals surface area contributed by atoms with Crippen LogP contribution >= 0.6 is 11.6 Å². The predicted octanol–water partition coefficient (Wildman–Crippen LogP) is 2.11. The van der Waals surface area contributed by atoms with E-state index in [-0.39, 0.29) is 22.4 Å². The highest BCUT2D eigenvalue weighted by atomic mass is 35.5. The van der Waals surface area contributed by atoms with Crippen molar-refractivity contribution in [1.82, 2.24) is 9.88 Å². The number of piperazine rings is 1. The maximum Gasteiger partial charge on any atom is 0.311 e. The molecule has 1 aromatic rings. The summed E-state index contributed by atoms with van der Waals surface area (Å²) in [6.07, 6.45) is 2.03. The number of nitro groups is 1. The average Bonchev–Trinajstić information content (AvgIpc) is 2.67. The molecule has 0 N–H and O–H groups in total. The van der Waals surface area contributed by atoms with Crippen molar-refractivity contribution in [1.29, 1.82) is 0 Å². The first-order chi connectivity index (χ1) is 12.5. The quantitative estimate of drug-likeness (QED) is 0.451. The van der Waals surface area contributed by atoms with Gasteiger partial charge in [0.2, 0.25) is 11.7 Å². The number of alkyl halides is 1. The molecular formula is C17H24ClN5O3. The summed E-state index contributed by atoms with van der Waals surface area (Å²) in [6, 6.07) is 3.25. The summed E-state index contributed by atoms with van der Waals surface area (Å²) in [7, 11) is 0. The lowest BCUT2D eigenvalue weighted by molar-refractivity contribution is -0.384. The summed E-state index contributed by atoms with van der Waals surface area (Å²) < 4.78 is 0. The standard InChI is InChI=1S/C17H24ClN5O3/c1-13-4-6-22(7-5-13)17-14(23(25)26)2-3-15(19-17)20-8-10-21(11-9-20)16(24)12-18/h2-3,13H,4-12H2,1H3. The van der Waals surface area contributed by atoms with E-state index < -0.39 is 0 Å². The number of anilines is 2. The van der Waals surface area contributed by atoms with E-state index in [1.165, 1.54) is 0 Å². The van der Waals surface area contributed by atoms with E-state index >= 15 is 0 Å². The Bertz CT molecular complexity index is 670. The van der Waals surface area contributed by atoms with Crippen molar-refractivity contribution >= 4 is 34.8 Å². The zero-order valence-electron chi connectivity index (χ0n) is 14.9. The highest BCUT2D eigenvalue weighted by Crippen LogP contribution is 2.32. The summed E-state index contributed by atoms with van der Waals surface area (Å²) in [5.74, 6) is 1.75. The van der Waals surface area contributed by atoms with Crippen molar-refractivity contribution in [3.8, 4) is 0 Å². The molecule has 2 saturated heterocycles. The summed E-state index contributed by atoms with van der Waals surface area (Å²) in [5, 5.41) is 11.4. The Morgan fingerprint density at radius 2 is 1.85 bits per heavy atom. The molecule has 2 fully saturated rings. The molecule has 2 aliphatic heterocycles. The molecular weight excluding hydrogens is 358 g/mol. The SMILES string of the molecule is CC1CCN(c2nc(N3CCN(C(=O)CCl)CC3)ccc2[N+](=O)[O-])CC1. The molecule has 3 rings (SSSR count). The van der Waals surface area contributed by atoms with Crippen LogP contribution in [0, 0.1) is 16.0 Å². The number of amides is 1. The molecule has 0 atom stereocenters. The van der Waals surface area contributed by atoms with Gasteiger partial charge < -0.3 is 14.7 Å². The van der Waals surface area contributed by atoms with Crippen LogP contribution in [0.4, 0.5) is 17.3 Å². The molecule has 0 bridgehead atoms. The fourth-order valence-electron chi connectivity index (χ4n) is 3.47. The fraction of sp³-hybridized carbons (Fsp3) is 0.647. The minimum absolute atomic E-state index is 0.00663. The molecule has 2 aliphatic rings. The highest BCUT2D eigenvalue weighted by molar-refractivity contribution is 6.27. The number of rotatable bonds is 4. The topological polar surface area (TPSA) is 82.8 Å². The normalized spacial score (nSPS) is 18.9. The molecule has 8 nitrogen and oxygen atoms in total. The van der Waals surface area contributed by atoms with Crippen molar-refractivity contribution in [3.05, 3.63) is 22.2 Å². The van der Waals surface area contributed by atoms with E-state index in [2.05, 4.69) is 16.8 Å². The second-order valence-corrected chi connectivity index (χ2v) is 7.21. The Kier molecular flexibility index (Phi) is 5.80. The van der Waals surface area contributed by atoms with Gasteiger partial charge in [-0.15, -0.1) is 11.6 Å². The third-order valence-corrected chi connectivity index (χ3v) is 5.42. The zero-order chi connectivity index (χ0) is 18.7. The molecule has 0 radical (unpaired) electrons. The number of carbonyl (C=O) groups excluding carboxylic acids is 1. The summed E-state index contributed by atoms with van der Waals surface area (Å²) >= 11 is 5.62. The maximum atomic E-state index is 11.7. The van der Waals surface area contributed by atoms with Crippen LogP contribution < -0.4 is 9.80 Å². The maximum absolute atomic E-state index is 11.7. The van der Waals surface area contributed by atoms with Crippen molar-refractivity contribution < 1.29 is 9.72 Å². The Hall–Kier alpha value is -2.09. The molecule has 0 aromatic carbocycles. The average molecular weight is 382 g/mol.